The first-order valence-corrected chi connectivity index (χ1v) is 7.26. The highest BCUT2D eigenvalue weighted by molar-refractivity contribution is 6.32. The lowest BCUT2D eigenvalue weighted by Crippen LogP contribution is -2.17. The van der Waals surface area contributed by atoms with Crippen LogP contribution in [-0.4, -0.2) is 19.2 Å². The molecule has 0 heterocycles. The van der Waals surface area contributed by atoms with Crippen LogP contribution in [0.3, 0.4) is 0 Å². The third-order valence-electron chi connectivity index (χ3n) is 3.18. The average molecular weight is 268 g/mol. The van der Waals surface area contributed by atoms with Gasteiger partial charge in [0.2, 0.25) is 0 Å². The van der Waals surface area contributed by atoms with Gasteiger partial charge in [0.1, 0.15) is 5.75 Å². The summed E-state index contributed by atoms with van der Waals surface area (Å²) < 4.78 is 5.71. The van der Waals surface area contributed by atoms with E-state index in [4.69, 9.17) is 16.3 Å². The molecule has 0 saturated heterocycles. The van der Waals surface area contributed by atoms with Crippen molar-refractivity contribution < 1.29 is 4.74 Å². The van der Waals surface area contributed by atoms with Gasteiger partial charge in [-0.1, -0.05) is 17.7 Å². The lowest BCUT2D eigenvalue weighted by molar-refractivity contribution is 0.305. The molecule has 0 unspecified atom stereocenters. The van der Waals surface area contributed by atoms with Crippen LogP contribution in [0.1, 0.15) is 37.7 Å². The molecule has 18 heavy (non-hydrogen) atoms. The topological polar surface area (TPSA) is 21.3 Å². The minimum Gasteiger partial charge on any atom is -0.492 e. The molecule has 0 aliphatic heterocycles. The molecule has 1 aromatic carbocycles. The molecule has 1 fully saturated rings. The standard InChI is InChI=1S/C15H22ClNO/c1-12-5-8-14(16)15(11-12)18-10-4-2-3-9-17-13-6-7-13/h5,8,11,13,17H,2-4,6-7,9-10H2,1H3. The maximum absolute atomic E-state index is 6.07. The molecule has 1 aliphatic rings. The maximum atomic E-state index is 6.07. The Morgan fingerprint density at radius 3 is 2.89 bits per heavy atom. The molecule has 2 nitrogen and oxygen atoms in total. The fourth-order valence-electron chi connectivity index (χ4n) is 1.90. The molecule has 1 N–H and O–H groups in total. The summed E-state index contributed by atoms with van der Waals surface area (Å²) in [7, 11) is 0. The molecule has 0 radical (unpaired) electrons. The lowest BCUT2D eigenvalue weighted by atomic mass is 10.2. The Bertz CT molecular complexity index is 377. The largest absolute Gasteiger partial charge is 0.492 e. The normalized spacial score (nSPS) is 14.8. The molecule has 100 valence electrons. The van der Waals surface area contributed by atoms with Crippen LogP contribution in [-0.2, 0) is 0 Å². The van der Waals surface area contributed by atoms with Crippen molar-refractivity contribution in [2.75, 3.05) is 13.2 Å². The second-order valence-corrected chi connectivity index (χ2v) is 5.48. The van der Waals surface area contributed by atoms with Crippen molar-refractivity contribution in [3.05, 3.63) is 28.8 Å². The zero-order chi connectivity index (χ0) is 12.8. The van der Waals surface area contributed by atoms with E-state index in [2.05, 4.69) is 5.32 Å². The summed E-state index contributed by atoms with van der Waals surface area (Å²) in [5.74, 6) is 0.813. The van der Waals surface area contributed by atoms with Crippen LogP contribution in [0.25, 0.3) is 0 Å². The summed E-state index contributed by atoms with van der Waals surface area (Å²) in [5.41, 5.74) is 1.18. The van der Waals surface area contributed by atoms with E-state index < -0.39 is 0 Å². The van der Waals surface area contributed by atoms with Crippen LogP contribution in [0.2, 0.25) is 5.02 Å². The summed E-state index contributed by atoms with van der Waals surface area (Å²) >= 11 is 6.07. The molecular formula is C15H22ClNO. The zero-order valence-electron chi connectivity index (χ0n) is 11.0. The SMILES string of the molecule is Cc1ccc(Cl)c(OCCCCCNC2CC2)c1. The van der Waals surface area contributed by atoms with Crippen molar-refractivity contribution in [3.63, 3.8) is 0 Å². The van der Waals surface area contributed by atoms with Gasteiger partial charge in [-0.25, -0.2) is 0 Å². The van der Waals surface area contributed by atoms with Crippen molar-refractivity contribution in [1.29, 1.82) is 0 Å². The second kappa shape index (κ2) is 7.01. The van der Waals surface area contributed by atoms with E-state index in [9.17, 15) is 0 Å². The number of rotatable bonds is 8. The number of hydrogen-bond donors (Lipinski definition) is 1. The van der Waals surface area contributed by atoms with Gasteiger partial charge in [0, 0.05) is 6.04 Å². The molecule has 0 amide bonds. The predicted octanol–water partition coefficient (Wildman–Crippen LogP) is 3.95. The maximum Gasteiger partial charge on any atom is 0.138 e. The number of aryl methyl sites for hydroxylation is 1. The molecule has 0 bridgehead atoms. The molecule has 3 heteroatoms. The van der Waals surface area contributed by atoms with Crippen molar-refractivity contribution in [2.24, 2.45) is 0 Å². The van der Waals surface area contributed by atoms with Gasteiger partial charge >= 0.3 is 0 Å². The quantitative estimate of drug-likeness (QED) is 0.720. The first-order chi connectivity index (χ1) is 8.75. The Morgan fingerprint density at radius 1 is 1.28 bits per heavy atom. The van der Waals surface area contributed by atoms with Gasteiger partial charge < -0.3 is 10.1 Å². The summed E-state index contributed by atoms with van der Waals surface area (Å²) in [5, 5.41) is 4.22. The highest BCUT2D eigenvalue weighted by Gasteiger charge is 2.19. The van der Waals surface area contributed by atoms with E-state index >= 15 is 0 Å². The van der Waals surface area contributed by atoms with Gasteiger partial charge in [-0.2, -0.15) is 0 Å². The Balaban J connectivity index is 1.55. The summed E-state index contributed by atoms with van der Waals surface area (Å²) in [6.45, 7) is 3.95. The molecule has 0 spiro atoms. The molecule has 1 aliphatic carbocycles. The predicted molar refractivity (Wildman–Crippen MR) is 76.6 cm³/mol. The molecular weight excluding hydrogens is 246 g/mol. The first-order valence-electron chi connectivity index (χ1n) is 6.88. The Hall–Kier alpha value is -0.730. The van der Waals surface area contributed by atoms with Crippen LogP contribution in [0, 0.1) is 6.92 Å². The molecule has 0 atom stereocenters. The van der Waals surface area contributed by atoms with Gasteiger partial charge in [-0.3, -0.25) is 0 Å². The minimum atomic E-state index is 0.705. The molecule has 1 saturated carbocycles. The van der Waals surface area contributed by atoms with E-state index in [1.165, 1.54) is 31.2 Å². The molecule has 1 aromatic rings. The van der Waals surface area contributed by atoms with Crippen LogP contribution in [0.15, 0.2) is 18.2 Å². The average Bonchev–Trinajstić information content (AvgIpc) is 3.16. The van der Waals surface area contributed by atoms with Gasteiger partial charge in [-0.05, 0) is 63.3 Å². The Labute approximate surface area is 115 Å². The minimum absolute atomic E-state index is 0.705. The Kier molecular flexibility index (Phi) is 5.33. The van der Waals surface area contributed by atoms with E-state index in [1.807, 2.05) is 25.1 Å². The van der Waals surface area contributed by atoms with Crippen LogP contribution in [0.4, 0.5) is 0 Å². The van der Waals surface area contributed by atoms with Crippen molar-refractivity contribution in [1.82, 2.24) is 5.32 Å². The lowest BCUT2D eigenvalue weighted by Gasteiger charge is -2.09. The fourth-order valence-corrected chi connectivity index (χ4v) is 2.07. The Morgan fingerprint density at radius 2 is 2.11 bits per heavy atom. The van der Waals surface area contributed by atoms with Crippen molar-refractivity contribution >= 4 is 11.6 Å². The third kappa shape index (κ3) is 4.87. The number of benzene rings is 1. The van der Waals surface area contributed by atoms with E-state index in [0.29, 0.717) is 5.02 Å². The first kappa shape index (κ1) is 13.7. The highest BCUT2D eigenvalue weighted by Crippen LogP contribution is 2.25. The molecule has 0 aromatic heterocycles. The van der Waals surface area contributed by atoms with Crippen LogP contribution in [0.5, 0.6) is 5.75 Å². The zero-order valence-corrected chi connectivity index (χ0v) is 11.8. The second-order valence-electron chi connectivity index (χ2n) is 5.07. The number of nitrogens with one attached hydrogen (secondary N) is 1. The van der Waals surface area contributed by atoms with Gasteiger partial charge in [0.25, 0.3) is 0 Å². The van der Waals surface area contributed by atoms with Gasteiger partial charge in [0.05, 0.1) is 11.6 Å². The van der Waals surface area contributed by atoms with E-state index in [1.54, 1.807) is 0 Å². The third-order valence-corrected chi connectivity index (χ3v) is 3.49. The summed E-state index contributed by atoms with van der Waals surface area (Å²) in [4.78, 5) is 0. The van der Waals surface area contributed by atoms with Gasteiger partial charge in [0.15, 0.2) is 0 Å². The van der Waals surface area contributed by atoms with Crippen molar-refractivity contribution in [3.8, 4) is 5.75 Å². The highest BCUT2D eigenvalue weighted by atomic mass is 35.5. The number of unbranched alkanes of at least 4 members (excludes halogenated alkanes) is 2. The van der Waals surface area contributed by atoms with E-state index in [-0.39, 0.29) is 0 Å². The van der Waals surface area contributed by atoms with Crippen LogP contribution >= 0.6 is 11.6 Å². The number of hydrogen-bond acceptors (Lipinski definition) is 2. The van der Waals surface area contributed by atoms with E-state index in [0.717, 1.165) is 31.4 Å². The number of halogens is 1. The number of ether oxygens (including phenoxy) is 1. The van der Waals surface area contributed by atoms with Crippen molar-refractivity contribution in [2.45, 2.75) is 45.1 Å². The van der Waals surface area contributed by atoms with Crippen LogP contribution < -0.4 is 10.1 Å². The monoisotopic (exact) mass is 267 g/mol. The summed E-state index contributed by atoms with van der Waals surface area (Å²) in [6, 6.07) is 6.72. The fraction of sp³-hybridized carbons (Fsp3) is 0.600. The molecule has 2 rings (SSSR count). The van der Waals surface area contributed by atoms with Gasteiger partial charge in [-0.15, -0.1) is 0 Å². The summed E-state index contributed by atoms with van der Waals surface area (Å²) in [6.07, 6.45) is 6.28. The smallest absolute Gasteiger partial charge is 0.138 e.